The van der Waals surface area contributed by atoms with Crippen molar-refractivity contribution in [2.75, 3.05) is 0 Å². The second-order valence-electron chi connectivity index (χ2n) is 10.5. The van der Waals surface area contributed by atoms with Crippen LogP contribution in [-0.2, 0) is 24.9 Å². The molecule has 3 rings (SSSR count). The van der Waals surface area contributed by atoms with Gasteiger partial charge in [0.05, 0.1) is 5.76 Å². The van der Waals surface area contributed by atoms with Gasteiger partial charge in [0.2, 0.25) is 0 Å². The molecule has 0 aliphatic rings. The second-order valence-corrected chi connectivity index (χ2v) is 10.5. The van der Waals surface area contributed by atoms with E-state index in [0.717, 1.165) is 23.2 Å². The molecule has 1 radical (unpaired) electrons. The number of benzene rings is 2. The van der Waals surface area contributed by atoms with Crippen LogP contribution in [0.2, 0.25) is 0 Å². The number of fused-ring (bicyclic) bond motifs is 1. The van der Waals surface area contributed by atoms with Gasteiger partial charge in [-0.25, -0.2) is 0 Å². The van der Waals surface area contributed by atoms with Gasteiger partial charge in [-0.15, -0.1) is 34.9 Å². The zero-order chi connectivity index (χ0) is 26.1. The Morgan fingerprint density at radius 1 is 1.00 bits per heavy atom. The fourth-order valence-electron chi connectivity index (χ4n) is 4.10. The predicted octanol–water partition coefficient (Wildman–Crippen LogP) is 8.92. The number of rotatable bonds is 8. The first-order chi connectivity index (χ1) is 16.5. The Hall–Kier alpha value is -2.29. The maximum Gasteiger partial charge on any atom is 0.159 e. The minimum absolute atomic E-state index is 0. The number of carbonyl (C=O) groups is 1. The van der Waals surface area contributed by atoms with Crippen molar-refractivity contribution in [2.45, 2.75) is 80.6 Å². The molecule has 1 unspecified atom stereocenters. The van der Waals surface area contributed by atoms with Crippen LogP contribution >= 0.6 is 0 Å². The Labute approximate surface area is 231 Å². The molecule has 1 heterocycles. The normalized spacial score (nSPS) is 12.2. The third-order valence-electron chi connectivity index (χ3n) is 5.93. The number of aromatic nitrogens is 1. The molecular weight excluding hydrogens is 623 g/mol. The number of ketones is 1. The van der Waals surface area contributed by atoms with Crippen molar-refractivity contribution in [3.05, 3.63) is 77.2 Å². The summed E-state index contributed by atoms with van der Waals surface area (Å²) in [6.45, 7) is 16.7. The topological polar surface area (TPSA) is 50.2 Å². The molecule has 197 valence electrons. The third kappa shape index (κ3) is 9.99. The predicted molar refractivity (Wildman–Crippen MR) is 149 cm³/mol. The van der Waals surface area contributed by atoms with Crippen LogP contribution in [0.25, 0.3) is 22.0 Å². The Bertz CT molecular complexity index is 1140. The molecule has 0 saturated heterocycles. The third-order valence-corrected chi connectivity index (χ3v) is 5.93. The van der Waals surface area contributed by atoms with Gasteiger partial charge in [0.15, 0.2) is 5.78 Å². The maximum atomic E-state index is 11.2. The second kappa shape index (κ2) is 15.1. The molecule has 1 N–H and O–H groups in total. The largest absolute Gasteiger partial charge is 0.512 e. The number of hydrogen-bond donors (Lipinski definition) is 1. The Balaban J connectivity index is 0.000000402. The monoisotopic (exact) mass is 665 g/mol. The molecule has 0 amide bonds. The van der Waals surface area contributed by atoms with Crippen LogP contribution in [0.4, 0.5) is 0 Å². The van der Waals surface area contributed by atoms with E-state index in [0.29, 0.717) is 30.6 Å². The van der Waals surface area contributed by atoms with E-state index in [1.54, 1.807) is 0 Å². The van der Waals surface area contributed by atoms with Crippen molar-refractivity contribution in [2.24, 2.45) is 11.8 Å². The van der Waals surface area contributed by atoms with Crippen LogP contribution in [0.5, 0.6) is 0 Å². The van der Waals surface area contributed by atoms with Gasteiger partial charge in [0.25, 0.3) is 0 Å². The smallest absolute Gasteiger partial charge is 0.159 e. The number of carbonyl (C=O) groups excluding carboxylic acids is 1. The van der Waals surface area contributed by atoms with Gasteiger partial charge in [0.1, 0.15) is 0 Å². The summed E-state index contributed by atoms with van der Waals surface area (Å²) >= 11 is 0. The summed E-state index contributed by atoms with van der Waals surface area (Å²) in [4.78, 5) is 15.8. The minimum Gasteiger partial charge on any atom is -0.512 e. The average Bonchev–Trinajstić information content (AvgIpc) is 2.76. The quantitative estimate of drug-likeness (QED) is 0.149. The Morgan fingerprint density at radius 2 is 1.67 bits per heavy atom. The van der Waals surface area contributed by atoms with Gasteiger partial charge in [-0.2, -0.15) is 0 Å². The molecule has 0 bridgehead atoms. The molecule has 36 heavy (non-hydrogen) atoms. The minimum atomic E-state index is 0. The van der Waals surface area contributed by atoms with Crippen LogP contribution in [0, 0.1) is 31.7 Å². The van der Waals surface area contributed by atoms with Crippen LogP contribution < -0.4 is 0 Å². The first kappa shape index (κ1) is 31.7. The van der Waals surface area contributed by atoms with Gasteiger partial charge in [-0.3, -0.25) is 4.79 Å². The fourth-order valence-corrected chi connectivity index (χ4v) is 4.10. The first-order valence-electron chi connectivity index (χ1n) is 12.8. The van der Waals surface area contributed by atoms with Crippen molar-refractivity contribution in [3.63, 3.8) is 0 Å². The number of hydrogen-bond acceptors (Lipinski definition) is 3. The summed E-state index contributed by atoms with van der Waals surface area (Å²) < 4.78 is 0. The first-order valence-corrected chi connectivity index (χ1v) is 12.8. The van der Waals surface area contributed by atoms with Gasteiger partial charge >= 0.3 is 0 Å². The summed E-state index contributed by atoms with van der Waals surface area (Å²) in [5.74, 6) is 1.57. The van der Waals surface area contributed by atoms with Crippen molar-refractivity contribution in [3.8, 4) is 11.3 Å². The number of aliphatic hydroxyl groups is 1. The van der Waals surface area contributed by atoms with Crippen LogP contribution in [0.15, 0.2) is 54.4 Å². The molecule has 1 aromatic heterocycles. The van der Waals surface area contributed by atoms with Gasteiger partial charge in [-0.1, -0.05) is 73.6 Å². The van der Waals surface area contributed by atoms with Gasteiger partial charge in [-0.05, 0) is 52.3 Å². The molecule has 0 spiro atoms. The molecule has 0 saturated carbocycles. The Kier molecular flexibility index (Phi) is 13.3. The van der Waals surface area contributed by atoms with Crippen LogP contribution in [0.1, 0.15) is 83.4 Å². The maximum absolute atomic E-state index is 11.2. The van der Waals surface area contributed by atoms with E-state index >= 15 is 0 Å². The van der Waals surface area contributed by atoms with E-state index in [2.05, 4.69) is 75.1 Å². The molecule has 3 aromatic rings. The summed E-state index contributed by atoms with van der Waals surface area (Å²) in [5.41, 5.74) is 5.92. The van der Waals surface area contributed by atoms with Crippen molar-refractivity contribution in [1.29, 1.82) is 0 Å². The molecule has 1 atom stereocenters. The number of aryl methyl sites for hydroxylation is 2. The van der Waals surface area contributed by atoms with E-state index in [4.69, 9.17) is 0 Å². The van der Waals surface area contributed by atoms with Crippen molar-refractivity contribution < 1.29 is 30.0 Å². The zero-order valence-corrected chi connectivity index (χ0v) is 25.5. The number of aliphatic hydroxyl groups excluding tert-OH is 1. The summed E-state index contributed by atoms with van der Waals surface area (Å²) in [7, 11) is 0. The molecule has 0 aliphatic heterocycles. The standard InChI is InChI=1S/C21H22N.C11H20O2.Ir/c1-5-16(4)17-6-7-20-18(13-17)8-9-22-21(20)19-11-14(2)10-15(3)12-19;1-8(2)5-10(12)7-11(13)6-9(3)4;/h6-11,13,16H,5H2,1-4H3;7-9,12H,5-6H2,1-4H3;/q-1;;/b;10-7-;. The Morgan fingerprint density at radius 3 is 2.25 bits per heavy atom. The number of nitrogens with zero attached hydrogens (tertiary/aromatic N) is 1. The molecule has 0 fully saturated rings. The van der Waals surface area contributed by atoms with Crippen LogP contribution in [-0.4, -0.2) is 15.9 Å². The average molecular weight is 665 g/mol. The molecule has 3 nitrogen and oxygen atoms in total. The molecular formula is C32H42IrNO2-. The van der Waals surface area contributed by atoms with Crippen molar-refractivity contribution >= 4 is 16.6 Å². The van der Waals surface area contributed by atoms with E-state index in [1.807, 2.05) is 33.9 Å². The zero-order valence-electron chi connectivity index (χ0n) is 23.1. The van der Waals surface area contributed by atoms with Gasteiger partial charge in [0, 0.05) is 45.2 Å². The summed E-state index contributed by atoms with van der Waals surface area (Å²) in [6.07, 6.45) is 5.53. The molecule has 2 aromatic carbocycles. The van der Waals surface area contributed by atoms with E-state index in [1.165, 1.54) is 28.0 Å². The number of pyridine rings is 1. The summed E-state index contributed by atoms with van der Waals surface area (Å²) in [5, 5.41) is 11.8. The van der Waals surface area contributed by atoms with E-state index in [-0.39, 0.29) is 31.6 Å². The van der Waals surface area contributed by atoms with Crippen LogP contribution in [0.3, 0.4) is 0 Å². The van der Waals surface area contributed by atoms with Gasteiger partial charge < -0.3 is 10.1 Å². The van der Waals surface area contributed by atoms with E-state index < -0.39 is 0 Å². The van der Waals surface area contributed by atoms with Crippen molar-refractivity contribution in [1.82, 2.24) is 4.98 Å². The molecule has 4 heteroatoms. The number of allylic oxidation sites excluding steroid dienone is 2. The molecule has 0 aliphatic carbocycles. The van der Waals surface area contributed by atoms with E-state index in [9.17, 15) is 9.90 Å². The SMILES string of the molecule is CC(C)CC(=O)/C=C(\O)CC(C)C.CCC(C)c1ccc2c(-c3[c-]c(C)cc(C)c3)nccc2c1.[Ir]. The fraction of sp³-hybridized carbons (Fsp3) is 0.438. The summed E-state index contributed by atoms with van der Waals surface area (Å²) in [6, 6.07) is 16.6.